The molecule has 2 aromatic heterocycles. The van der Waals surface area contributed by atoms with Crippen molar-refractivity contribution in [3.05, 3.63) is 53.2 Å². The molecule has 0 bridgehead atoms. The zero-order chi connectivity index (χ0) is 17.2. The van der Waals surface area contributed by atoms with E-state index in [-0.39, 0.29) is 11.5 Å². The fourth-order valence-electron chi connectivity index (χ4n) is 3.21. The summed E-state index contributed by atoms with van der Waals surface area (Å²) in [6, 6.07) is 9.57. The molecule has 0 spiro atoms. The average molecular weight is 337 g/mol. The summed E-state index contributed by atoms with van der Waals surface area (Å²) in [7, 11) is 0. The van der Waals surface area contributed by atoms with Crippen LogP contribution in [0.5, 0.6) is 0 Å². The molecule has 1 fully saturated rings. The zero-order valence-electron chi connectivity index (χ0n) is 13.8. The quantitative estimate of drug-likeness (QED) is 0.725. The topological polar surface area (TPSA) is 73.0 Å². The molecule has 128 valence electrons. The van der Waals surface area contributed by atoms with Gasteiger partial charge in [0.25, 0.3) is 5.56 Å². The Kier molecular flexibility index (Phi) is 4.05. The molecule has 3 heterocycles. The van der Waals surface area contributed by atoms with E-state index in [1.54, 1.807) is 4.68 Å². The molecule has 0 unspecified atom stereocenters. The SMILES string of the molecule is O=C(CCn1cnc2c(cnn2-c2ccccc2)c1=O)N1CCCC1. The number of carbonyl (C=O) groups excluding carboxylic acids is 1. The van der Waals surface area contributed by atoms with Gasteiger partial charge >= 0.3 is 0 Å². The van der Waals surface area contributed by atoms with Gasteiger partial charge in [0.1, 0.15) is 5.39 Å². The van der Waals surface area contributed by atoms with E-state index < -0.39 is 0 Å². The fraction of sp³-hybridized carbons (Fsp3) is 0.333. The molecule has 0 N–H and O–H groups in total. The number of hydrogen-bond acceptors (Lipinski definition) is 4. The Morgan fingerprint density at radius 3 is 2.64 bits per heavy atom. The Labute approximate surface area is 144 Å². The van der Waals surface area contributed by atoms with Gasteiger partial charge in [-0.2, -0.15) is 5.10 Å². The van der Waals surface area contributed by atoms with Crippen molar-refractivity contribution < 1.29 is 4.79 Å². The second-order valence-electron chi connectivity index (χ2n) is 6.21. The van der Waals surface area contributed by atoms with Crippen LogP contribution in [0.3, 0.4) is 0 Å². The van der Waals surface area contributed by atoms with Gasteiger partial charge in [-0.3, -0.25) is 14.2 Å². The molecule has 0 saturated carbocycles. The number of carbonyl (C=O) groups is 1. The van der Waals surface area contributed by atoms with Crippen LogP contribution in [0, 0.1) is 0 Å². The van der Waals surface area contributed by atoms with Crippen molar-refractivity contribution in [1.82, 2.24) is 24.2 Å². The summed E-state index contributed by atoms with van der Waals surface area (Å²) in [4.78, 5) is 31.1. The number of fused-ring (bicyclic) bond motifs is 1. The van der Waals surface area contributed by atoms with E-state index in [1.807, 2.05) is 35.2 Å². The van der Waals surface area contributed by atoms with Crippen LogP contribution in [0.4, 0.5) is 0 Å². The van der Waals surface area contributed by atoms with Gasteiger partial charge in [0.15, 0.2) is 5.65 Å². The lowest BCUT2D eigenvalue weighted by molar-refractivity contribution is -0.130. The third-order valence-corrected chi connectivity index (χ3v) is 4.58. The van der Waals surface area contributed by atoms with Gasteiger partial charge < -0.3 is 4.90 Å². The van der Waals surface area contributed by atoms with Gasteiger partial charge in [-0.1, -0.05) is 18.2 Å². The van der Waals surface area contributed by atoms with Crippen LogP contribution in [0.1, 0.15) is 19.3 Å². The van der Waals surface area contributed by atoms with Crippen molar-refractivity contribution in [2.75, 3.05) is 13.1 Å². The number of likely N-dealkylation sites (tertiary alicyclic amines) is 1. The lowest BCUT2D eigenvalue weighted by atomic mass is 10.3. The van der Waals surface area contributed by atoms with Crippen LogP contribution in [-0.4, -0.2) is 43.2 Å². The summed E-state index contributed by atoms with van der Waals surface area (Å²) >= 11 is 0. The summed E-state index contributed by atoms with van der Waals surface area (Å²) in [6.45, 7) is 2.00. The Morgan fingerprint density at radius 1 is 1.12 bits per heavy atom. The number of nitrogens with zero attached hydrogens (tertiary/aromatic N) is 5. The Balaban J connectivity index is 1.58. The van der Waals surface area contributed by atoms with E-state index in [2.05, 4.69) is 10.1 Å². The number of aromatic nitrogens is 4. The highest BCUT2D eigenvalue weighted by Gasteiger charge is 2.18. The summed E-state index contributed by atoms with van der Waals surface area (Å²) < 4.78 is 3.14. The van der Waals surface area contributed by atoms with Crippen molar-refractivity contribution in [2.45, 2.75) is 25.8 Å². The lowest BCUT2D eigenvalue weighted by Gasteiger charge is -2.15. The van der Waals surface area contributed by atoms with Crippen molar-refractivity contribution >= 4 is 16.9 Å². The van der Waals surface area contributed by atoms with Gasteiger partial charge in [0, 0.05) is 26.1 Å². The van der Waals surface area contributed by atoms with E-state index in [1.165, 1.54) is 17.1 Å². The Morgan fingerprint density at radius 2 is 1.88 bits per heavy atom. The summed E-state index contributed by atoms with van der Waals surface area (Å²) in [5.41, 5.74) is 1.21. The molecule has 1 saturated heterocycles. The molecule has 1 aromatic carbocycles. The molecule has 1 aliphatic heterocycles. The fourth-order valence-corrected chi connectivity index (χ4v) is 3.21. The highest BCUT2D eigenvalue weighted by Crippen LogP contribution is 2.13. The third kappa shape index (κ3) is 2.93. The molecule has 4 rings (SSSR count). The maximum atomic E-state index is 12.7. The number of hydrogen-bond donors (Lipinski definition) is 0. The molecule has 7 nitrogen and oxygen atoms in total. The molecule has 0 aliphatic carbocycles. The molecular weight excluding hydrogens is 318 g/mol. The number of benzene rings is 1. The standard InChI is InChI=1S/C18H19N5O2/c24-16(21-9-4-5-10-21)8-11-22-13-19-17-15(18(22)25)12-20-23(17)14-6-2-1-3-7-14/h1-3,6-7,12-13H,4-5,8-11H2. The smallest absolute Gasteiger partial charge is 0.264 e. The van der Waals surface area contributed by atoms with Crippen LogP contribution < -0.4 is 5.56 Å². The van der Waals surface area contributed by atoms with Crippen LogP contribution in [0.15, 0.2) is 47.7 Å². The van der Waals surface area contributed by atoms with E-state index in [4.69, 9.17) is 0 Å². The molecule has 0 atom stereocenters. The van der Waals surface area contributed by atoms with Crippen LogP contribution in [0.25, 0.3) is 16.7 Å². The minimum Gasteiger partial charge on any atom is -0.343 e. The minimum absolute atomic E-state index is 0.101. The molecular formula is C18H19N5O2. The second-order valence-corrected chi connectivity index (χ2v) is 6.21. The minimum atomic E-state index is -0.165. The maximum absolute atomic E-state index is 12.7. The van der Waals surface area contributed by atoms with Crippen LogP contribution in [-0.2, 0) is 11.3 Å². The monoisotopic (exact) mass is 337 g/mol. The van der Waals surface area contributed by atoms with E-state index in [0.717, 1.165) is 31.6 Å². The van der Waals surface area contributed by atoms with Crippen molar-refractivity contribution in [1.29, 1.82) is 0 Å². The van der Waals surface area contributed by atoms with E-state index in [9.17, 15) is 9.59 Å². The van der Waals surface area contributed by atoms with Crippen molar-refractivity contribution in [2.24, 2.45) is 0 Å². The Hall–Kier alpha value is -2.96. The summed E-state index contributed by atoms with van der Waals surface area (Å²) in [5.74, 6) is 0.101. The molecule has 25 heavy (non-hydrogen) atoms. The second kappa shape index (κ2) is 6.51. The van der Waals surface area contributed by atoms with Crippen LogP contribution >= 0.6 is 0 Å². The third-order valence-electron chi connectivity index (χ3n) is 4.58. The summed E-state index contributed by atoms with van der Waals surface area (Å²) in [6.07, 6.45) is 5.50. The first-order valence-electron chi connectivity index (χ1n) is 8.50. The first-order valence-corrected chi connectivity index (χ1v) is 8.50. The van der Waals surface area contributed by atoms with Gasteiger partial charge in [0.2, 0.25) is 5.91 Å². The van der Waals surface area contributed by atoms with Gasteiger partial charge in [0.05, 0.1) is 18.2 Å². The molecule has 1 aliphatic rings. The zero-order valence-corrected chi connectivity index (χ0v) is 13.8. The highest BCUT2D eigenvalue weighted by molar-refractivity contribution is 5.77. The number of rotatable bonds is 4. The predicted molar refractivity (Wildman–Crippen MR) is 93.6 cm³/mol. The molecule has 0 radical (unpaired) electrons. The van der Waals surface area contributed by atoms with Gasteiger partial charge in [-0.15, -0.1) is 0 Å². The first kappa shape index (κ1) is 15.6. The lowest BCUT2D eigenvalue weighted by Crippen LogP contribution is -2.30. The van der Waals surface area contributed by atoms with Crippen LogP contribution in [0.2, 0.25) is 0 Å². The largest absolute Gasteiger partial charge is 0.343 e. The summed E-state index contributed by atoms with van der Waals surface area (Å²) in [5, 5.41) is 4.75. The Bertz CT molecular complexity index is 955. The van der Waals surface area contributed by atoms with Crippen molar-refractivity contribution in [3.63, 3.8) is 0 Å². The van der Waals surface area contributed by atoms with Gasteiger partial charge in [-0.25, -0.2) is 9.67 Å². The molecule has 7 heteroatoms. The number of amides is 1. The maximum Gasteiger partial charge on any atom is 0.264 e. The van der Waals surface area contributed by atoms with Crippen molar-refractivity contribution in [3.8, 4) is 5.69 Å². The normalized spacial score (nSPS) is 14.3. The molecule has 1 amide bonds. The van der Waals surface area contributed by atoms with E-state index in [0.29, 0.717) is 24.0 Å². The number of aryl methyl sites for hydroxylation is 1. The van der Waals surface area contributed by atoms with E-state index >= 15 is 0 Å². The van der Waals surface area contributed by atoms with Gasteiger partial charge in [-0.05, 0) is 25.0 Å². The predicted octanol–water partition coefficient (Wildman–Crippen LogP) is 1.59. The highest BCUT2D eigenvalue weighted by atomic mass is 16.2. The average Bonchev–Trinajstić information content (AvgIpc) is 3.32. The number of para-hydroxylation sites is 1. The first-order chi connectivity index (χ1) is 12.2. The molecule has 3 aromatic rings.